The SMILES string of the molecule is CC1(C)CN(Cc2ccc(Br)cc2F)CCS1. The van der Waals surface area contributed by atoms with Gasteiger partial charge in [0.2, 0.25) is 0 Å². The van der Waals surface area contributed by atoms with Gasteiger partial charge in [-0.2, -0.15) is 11.8 Å². The van der Waals surface area contributed by atoms with Gasteiger partial charge in [0.1, 0.15) is 5.82 Å². The van der Waals surface area contributed by atoms with Crippen LogP contribution in [0.5, 0.6) is 0 Å². The molecule has 1 aromatic rings. The van der Waals surface area contributed by atoms with Crippen LogP contribution in [-0.4, -0.2) is 28.5 Å². The van der Waals surface area contributed by atoms with Gasteiger partial charge in [-0.15, -0.1) is 0 Å². The molecule has 17 heavy (non-hydrogen) atoms. The van der Waals surface area contributed by atoms with Gasteiger partial charge >= 0.3 is 0 Å². The highest BCUT2D eigenvalue weighted by Crippen LogP contribution is 2.30. The molecule has 0 saturated carbocycles. The summed E-state index contributed by atoms with van der Waals surface area (Å²) in [4.78, 5) is 2.34. The molecule has 1 aromatic carbocycles. The molecular weight excluding hydrogens is 301 g/mol. The Bertz CT molecular complexity index is 408. The largest absolute Gasteiger partial charge is 0.297 e. The first-order valence-corrected chi connectivity index (χ1v) is 7.54. The fourth-order valence-electron chi connectivity index (χ4n) is 2.14. The number of thioether (sulfide) groups is 1. The Morgan fingerprint density at radius 3 is 2.88 bits per heavy atom. The van der Waals surface area contributed by atoms with Gasteiger partial charge in [-0.3, -0.25) is 4.90 Å². The summed E-state index contributed by atoms with van der Waals surface area (Å²) in [6, 6.07) is 5.32. The number of hydrogen-bond acceptors (Lipinski definition) is 2. The standard InChI is InChI=1S/C13H17BrFNS/c1-13(2)9-16(5-6-17-13)8-10-3-4-11(14)7-12(10)15/h3-4,7H,5-6,8-9H2,1-2H3. The predicted octanol–water partition coefficient (Wildman–Crippen LogP) is 3.92. The minimum absolute atomic E-state index is 0.115. The summed E-state index contributed by atoms with van der Waals surface area (Å²) in [5, 5.41) is 0. The van der Waals surface area contributed by atoms with Crippen molar-refractivity contribution in [2.75, 3.05) is 18.8 Å². The molecule has 1 aliphatic heterocycles. The van der Waals surface area contributed by atoms with Gasteiger partial charge < -0.3 is 0 Å². The third-order valence-corrected chi connectivity index (χ3v) is 4.70. The van der Waals surface area contributed by atoms with E-state index in [-0.39, 0.29) is 10.6 Å². The summed E-state index contributed by atoms with van der Waals surface area (Å²) < 4.78 is 14.8. The summed E-state index contributed by atoms with van der Waals surface area (Å²) >= 11 is 5.28. The van der Waals surface area contributed by atoms with Crippen LogP contribution in [0, 0.1) is 5.82 Å². The van der Waals surface area contributed by atoms with Crippen molar-refractivity contribution >= 4 is 27.7 Å². The molecule has 0 aliphatic carbocycles. The van der Waals surface area contributed by atoms with Crippen LogP contribution in [0.1, 0.15) is 19.4 Å². The highest BCUT2D eigenvalue weighted by Gasteiger charge is 2.27. The monoisotopic (exact) mass is 317 g/mol. The zero-order valence-corrected chi connectivity index (χ0v) is 12.6. The first-order chi connectivity index (χ1) is 7.96. The van der Waals surface area contributed by atoms with Gasteiger partial charge in [0.15, 0.2) is 0 Å². The fourth-order valence-corrected chi connectivity index (χ4v) is 3.65. The van der Waals surface area contributed by atoms with E-state index in [2.05, 4.69) is 34.7 Å². The van der Waals surface area contributed by atoms with Crippen LogP contribution in [0.25, 0.3) is 0 Å². The number of benzene rings is 1. The summed E-state index contributed by atoms with van der Waals surface area (Å²) in [6.07, 6.45) is 0. The third-order valence-electron chi connectivity index (χ3n) is 2.91. The second-order valence-electron chi connectivity index (χ2n) is 5.05. The molecule has 1 saturated heterocycles. The maximum Gasteiger partial charge on any atom is 0.128 e. The Kier molecular flexibility index (Phi) is 4.16. The van der Waals surface area contributed by atoms with Crippen molar-refractivity contribution in [1.29, 1.82) is 0 Å². The highest BCUT2D eigenvalue weighted by atomic mass is 79.9. The molecule has 0 amide bonds. The van der Waals surface area contributed by atoms with Crippen LogP contribution in [0.2, 0.25) is 0 Å². The molecule has 1 heterocycles. The van der Waals surface area contributed by atoms with Crippen molar-refractivity contribution in [1.82, 2.24) is 4.90 Å². The molecule has 0 atom stereocenters. The smallest absolute Gasteiger partial charge is 0.128 e. The Labute approximate surface area is 115 Å². The van der Waals surface area contributed by atoms with Crippen LogP contribution in [0.4, 0.5) is 4.39 Å². The van der Waals surface area contributed by atoms with E-state index in [4.69, 9.17) is 0 Å². The second kappa shape index (κ2) is 5.29. The van der Waals surface area contributed by atoms with E-state index in [9.17, 15) is 4.39 Å². The van der Waals surface area contributed by atoms with Crippen molar-refractivity contribution < 1.29 is 4.39 Å². The van der Waals surface area contributed by atoms with E-state index in [1.54, 1.807) is 6.07 Å². The van der Waals surface area contributed by atoms with Crippen LogP contribution in [0.15, 0.2) is 22.7 Å². The predicted molar refractivity (Wildman–Crippen MR) is 75.9 cm³/mol. The van der Waals surface area contributed by atoms with Crippen molar-refractivity contribution in [2.45, 2.75) is 25.1 Å². The van der Waals surface area contributed by atoms with Crippen molar-refractivity contribution in [3.63, 3.8) is 0 Å². The number of hydrogen-bond donors (Lipinski definition) is 0. The lowest BCUT2D eigenvalue weighted by Gasteiger charge is -2.37. The Balaban J connectivity index is 2.05. The van der Waals surface area contributed by atoms with Crippen molar-refractivity contribution in [3.05, 3.63) is 34.1 Å². The van der Waals surface area contributed by atoms with E-state index in [1.807, 2.05) is 23.9 Å². The molecule has 0 N–H and O–H groups in total. The highest BCUT2D eigenvalue weighted by molar-refractivity contribution is 9.10. The lowest BCUT2D eigenvalue weighted by Crippen LogP contribution is -2.42. The van der Waals surface area contributed by atoms with E-state index in [1.165, 1.54) is 0 Å². The fraction of sp³-hybridized carbons (Fsp3) is 0.538. The van der Waals surface area contributed by atoms with Gasteiger partial charge in [-0.25, -0.2) is 4.39 Å². The molecule has 0 radical (unpaired) electrons. The molecule has 0 unspecified atom stereocenters. The third kappa shape index (κ3) is 3.70. The molecule has 1 fully saturated rings. The molecule has 1 nitrogen and oxygen atoms in total. The molecule has 0 aromatic heterocycles. The van der Waals surface area contributed by atoms with Crippen molar-refractivity contribution in [3.8, 4) is 0 Å². The van der Waals surface area contributed by atoms with Crippen LogP contribution in [-0.2, 0) is 6.54 Å². The Morgan fingerprint density at radius 1 is 1.47 bits per heavy atom. The molecular formula is C13H17BrFNS. The van der Waals surface area contributed by atoms with Gasteiger partial charge in [-0.1, -0.05) is 22.0 Å². The van der Waals surface area contributed by atoms with Crippen LogP contribution in [0.3, 0.4) is 0 Å². The quantitative estimate of drug-likeness (QED) is 0.813. The molecule has 94 valence electrons. The van der Waals surface area contributed by atoms with Gasteiger partial charge in [0.05, 0.1) is 0 Å². The zero-order chi connectivity index (χ0) is 12.5. The van der Waals surface area contributed by atoms with Crippen LogP contribution < -0.4 is 0 Å². The van der Waals surface area contributed by atoms with E-state index < -0.39 is 0 Å². The molecule has 0 bridgehead atoms. The first-order valence-electron chi connectivity index (χ1n) is 5.76. The summed E-state index contributed by atoms with van der Waals surface area (Å²) in [5.74, 6) is 1.01. The number of rotatable bonds is 2. The average Bonchev–Trinajstić information content (AvgIpc) is 2.21. The lowest BCUT2D eigenvalue weighted by molar-refractivity contribution is 0.249. The van der Waals surface area contributed by atoms with Gasteiger partial charge in [-0.05, 0) is 26.0 Å². The van der Waals surface area contributed by atoms with Crippen molar-refractivity contribution in [2.24, 2.45) is 0 Å². The molecule has 0 spiro atoms. The summed E-state index contributed by atoms with van der Waals surface area (Å²) in [5.41, 5.74) is 0.788. The maximum absolute atomic E-state index is 13.7. The Hall–Kier alpha value is -0.0600. The summed E-state index contributed by atoms with van der Waals surface area (Å²) in [6.45, 7) is 7.28. The minimum atomic E-state index is -0.115. The lowest BCUT2D eigenvalue weighted by atomic mass is 10.1. The normalized spacial score (nSPS) is 20.5. The molecule has 1 aliphatic rings. The molecule has 4 heteroatoms. The second-order valence-corrected chi connectivity index (χ2v) is 7.77. The van der Waals surface area contributed by atoms with Gasteiger partial charge in [0, 0.05) is 40.2 Å². The molecule has 2 rings (SSSR count). The Morgan fingerprint density at radius 2 is 2.24 bits per heavy atom. The first kappa shape index (κ1) is 13.4. The zero-order valence-electron chi connectivity index (χ0n) is 10.2. The number of nitrogens with zero attached hydrogens (tertiary/aromatic N) is 1. The maximum atomic E-state index is 13.7. The minimum Gasteiger partial charge on any atom is -0.297 e. The van der Waals surface area contributed by atoms with E-state index in [0.717, 1.165) is 28.9 Å². The van der Waals surface area contributed by atoms with Gasteiger partial charge in [0.25, 0.3) is 0 Å². The van der Waals surface area contributed by atoms with E-state index >= 15 is 0 Å². The van der Waals surface area contributed by atoms with Crippen LogP contribution >= 0.6 is 27.7 Å². The summed E-state index contributed by atoms with van der Waals surface area (Å²) in [7, 11) is 0. The number of halogens is 2. The average molecular weight is 318 g/mol. The van der Waals surface area contributed by atoms with E-state index in [0.29, 0.717) is 6.54 Å². The topological polar surface area (TPSA) is 3.24 Å².